The maximum atomic E-state index is 12.2. The lowest BCUT2D eigenvalue weighted by Gasteiger charge is -2.47. The van der Waals surface area contributed by atoms with Gasteiger partial charge in [-0.1, -0.05) is 0 Å². The van der Waals surface area contributed by atoms with E-state index in [0.29, 0.717) is 0 Å². The number of hydrogen-bond donors (Lipinski definition) is 1. The van der Waals surface area contributed by atoms with Crippen LogP contribution in [0.1, 0.15) is 17.4 Å². The Morgan fingerprint density at radius 3 is 2.62 bits per heavy atom. The molecular formula is C12H15N3O6. The summed E-state index contributed by atoms with van der Waals surface area (Å²) in [5, 5.41) is 19.3. The van der Waals surface area contributed by atoms with Crippen molar-refractivity contribution in [2.24, 2.45) is 7.05 Å². The largest absolute Gasteiger partial charge is 0.480 e. The van der Waals surface area contributed by atoms with E-state index in [9.17, 15) is 19.7 Å². The van der Waals surface area contributed by atoms with Gasteiger partial charge in [-0.3, -0.25) is 14.9 Å². The fourth-order valence-electron chi connectivity index (χ4n) is 2.25. The number of hydrogen-bond acceptors (Lipinski definition) is 5. The molecule has 1 aromatic heterocycles. The Balaban J connectivity index is 2.00. The first-order valence-corrected chi connectivity index (χ1v) is 6.18. The third kappa shape index (κ3) is 3.02. The highest BCUT2D eigenvalue weighted by Gasteiger charge is 2.43. The second-order valence-electron chi connectivity index (χ2n) is 5.25. The van der Waals surface area contributed by atoms with Crippen molar-refractivity contribution in [2.45, 2.75) is 12.5 Å². The molecule has 0 radical (unpaired) electrons. The summed E-state index contributed by atoms with van der Waals surface area (Å²) in [5.41, 5.74) is -0.626. The Kier molecular flexibility index (Phi) is 3.69. The third-order valence-corrected chi connectivity index (χ3v) is 3.30. The number of aromatic nitrogens is 1. The molecule has 2 heterocycles. The Labute approximate surface area is 119 Å². The van der Waals surface area contributed by atoms with Crippen LogP contribution < -0.4 is 0 Å². The summed E-state index contributed by atoms with van der Waals surface area (Å²) in [6.45, 7) is 1.79. The van der Waals surface area contributed by atoms with E-state index in [1.54, 1.807) is 14.0 Å². The molecule has 1 amide bonds. The molecule has 0 bridgehead atoms. The lowest BCUT2D eigenvalue weighted by molar-refractivity contribution is -0.384. The highest BCUT2D eigenvalue weighted by Crippen LogP contribution is 2.27. The maximum Gasteiger partial charge on any atom is 0.329 e. The van der Waals surface area contributed by atoms with Crippen molar-refractivity contribution in [1.29, 1.82) is 0 Å². The molecule has 1 N–H and O–H groups in total. The average Bonchev–Trinajstić information content (AvgIpc) is 2.74. The van der Waals surface area contributed by atoms with Crippen LogP contribution in [0.4, 0.5) is 5.69 Å². The van der Waals surface area contributed by atoms with Gasteiger partial charge in [0.25, 0.3) is 11.6 Å². The lowest BCUT2D eigenvalue weighted by Crippen LogP contribution is -2.63. The highest BCUT2D eigenvalue weighted by molar-refractivity contribution is 5.94. The number of carboxylic acid groups (broad SMARTS) is 1. The normalized spacial score (nSPS) is 16.4. The average molecular weight is 297 g/mol. The van der Waals surface area contributed by atoms with Gasteiger partial charge in [-0.15, -0.1) is 0 Å². The van der Waals surface area contributed by atoms with Crippen LogP contribution in [0.15, 0.2) is 12.3 Å². The number of amides is 1. The fraction of sp³-hybridized carbons (Fsp3) is 0.500. The summed E-state index contributed by atoms with van der Waals surface area (Å²) in [7, 11) is 1.56. The molecular weight excluding hydrogens is 282 g/mol. The summed E-state index contributed by atoms with van der Waals surface area (Å²) < 4.78 is 6.61. The summed E-state index contributed by atoms with van der Waals surface area (Å²) in [4.78, 5) is 34.3. The number of ether oxygens (including phenoxy) is 1. The quantitative estimate of drug-likeness (QED) is 0.615. The van der Waals surface area contributed by atoms with Gasteiger partial charge in [-0.25, -0.2) is 4.79 Å². The number of nitro groups is 1. The van der Waals surface area contributed by atoms with Gasteiger partial charge in [0.2, 0.25) is 0 Å². The molecule has 0 saturated carbocycles. The summed E-state index contributed by atoms with van der Waals surface area (Å²) in [6, 6.07) is 1.22. The van der Waals surface area contributed by atoms with Crippen LogP contribution >= 0.6 is 0 Å². The Morgan fingerprint density at radius 2 is 2.14 bits per heavy atom. The maximum absolute atomic E-state index is 12.2. The predicted molar refractivity (Wildman–Crippen MR) is 70.0 cm³/mol. The first-order valence-electron chi connectivity index (χ1n) is 6.18. The van der Waals surface area contributed by atoms with Crippen molar-refractivity contribution in [3.8, 4) is 0 Å². The second kappa shape index (κ2) is 5.17. The van der Waals surface area contributed by atoms with Crippen LogP contribution in [0.5, 0.6) is 0 Å². The van der Waals surface area contributed by atoms with E-state index in [1.807, 2.05) is 0 Å². The molecule has 21 heavy (non-hydrogen) atoms. The second-order valence-corrected chi connectivity index (χ2v) is 5.25. The minimum Gasteiger partial charge on any atom is -0.480 e. The Hall–Kier alpha value is -2.42. The smallest absolute Gasteiger partial charge is 0.329 e. The molecule has 0 spiro atoms. The van der Waals surface area contributed by atoms with E-state index in [4.69, 9.17) is 9.84 Å². The number of carbonyl (C=O) groups is 2. The molecule has 2 rings (SSSR count). The minimum absolute atomic E-state index is 0.147. The van der Waals surface area contributed by atoms with Crippen molar-refractivity contribution in [2.75, 3.05) is 19.7 Å². The van der Waals surface area contributed by atoms with Crippen LogP contribution in [0.25, 0.3) is 0 Å². The van der Waals surface area contributed by atoms with Crippen molar-refractivity contribution in [3.05, 3.63) is 28.1 Å². The van der Waals surface area contributed by atoms with Gasteiger partial charge in [-0.2, -0.15) is 0 Å². The number of rotatable bonds is 5. The SMILES string of the molecule is Cn1cc([N+](=O)[O-])cc1C(=O)N1CC(C)(OCC(=O)O)C1. The molecule has 0 unspecified atom stereocenters. The molecule has 1 fully saturated rings. The van der Waals surface area contributed by atoms with Crippen LogP contribution in [-0.2, 0) is 16.6 Å². The first-order chi connectivity index (χ1) is 9.72. The van der Waals surface area contributed by atoms with Gasteiger partial charge in [0.05, 0.1) is 24.2 Å². The van der Waals surface area contributed by atoms with E-state index < -0.39 is 23.1 Å². The molecule has 1 saturated heterocycles. The summed E-state index contributed by atoms with van der Waals surface area (Å²) in [6.07, 6.45) is 1.27. The number of aryl methyl sites for hydroxylation is 1. The van der Waals surface area contributed by atoms with E-state index in [-0.39, 0.29) is 30.4 Å². The van der Waals surface area contributed by atoms with Gasteiger partial charge in [-0.05, 0) is 6.92 Å². The van der Waals surface area contributed by atoms with Crippen molar-refractivity contribution in [3.63, 3.8) is 0 Å². The number of carboxylic acids is 1. The number of nitrogens with zero attached hydrogens (tertiary/aromatic N) is 3. The molecule has 0 aliphatic carbocycles. The van der Waals surface area contributed by atoms with Gasteiger partial charge in [0.1, 0.15) is 17.9 Å². The first kappa shape index (κ1) is 15.0. The molecule has 9 heteroatoms. The standard InChI is InChI=1S/C12H15N3O6/c1-12(21-5-10(16)17)6-14(7-12)11(18)9-3-8(15(19)20)4-13(9)2/h3-4H,5-7H2,1-2H3,(H,16,17). The van der Waals surface area contributed by atoms with Crippen LogP contribution in [0.2, 0.25) is 0 Å². The zero-order valence-corrected chi connectivity index (χ0v) is 11.6. The van der Waals surface area contributed by atoms with E-state index in [1.165, 1.54) is 21.7 Å². The van der Waals surface area contributed by atoms with Crippen LogP contribution in [-0.4, -0.2) is 56.7 Å². The summed E-state index contributed by atoms with van der Waals surface area (Å²) >= 11 is 0. The number of carbonyl (C=O) groups excluding carboxylic acids is 1. The zero-order chi connectivity index (χ0) is 15.8. The minimum atomic E-state index is -1.07. The predicted octanol–water partition coefficient (Wildman–Crippen LogP) is 0.249. The topological polar surface area (TPSA) is 115 Å². The Morgan fingerprint density at radius 1 is 1.52 bits per heavy atom. The lowest BCUT2D eigenvalue weighted by atomic mass is 9.96. The number of likely N-dealkylation sites (tertiary alicyclic amines) is 1. The number of aliphatic carboxylic acids is 1. The molecule has 9 nitrogen and oxygen atoms in total. The summed E-state index contributed by atoms with van der Waals surface area (Å²) in [5.74, 6) is -1.42. The molecule has 0 aromatic carbocycles. The van der Waals surface area contributed by atoms with Gasteiger partial charge < -0.3 is 19.3 Å². The van der Waals surface area contributed by atoms with Crippen molar-refractivity contribution < 1.29 is 24.4 Å². The van der Waals surface area contributed by atoms with Gasteiger partial charge in [0, 0.05) is 13.1 Å². The van der Waals surface area contributed by atoms with E-state index in [2.05, 4.69) is 0 Å². The molecule has 1 aromatic rings. The molecule has 1 aliphatic heterocycles. The van der Waals surface area contributed by atoms with Gasteiger partial charge in [0.15, 0.2) is 0 Å². The highest BCUT2D eigenvalue weighted by atomic mass is 16.6. The molecule has 0 atom stereocenters. The van der Waals surface area contributed by atoms with Gasteiger partial charge >= 0.3 is 5.97 Å². The van der Waals surface area contributed by atoms with Crippen LogP contribution in [0, 0.1) is 10.1 Å². The van der Waals surface area contributed by atoms with E-state index in [0.717, 1.165) is 0 Å². The van der Waals surface area contributed by atoms with Crippen molar-refractivity contribution in [1.82, 2.24) is 9.47 Å². The Bertz CT molecular complexity index is 602. The zero-order valence-electron chi connectivity index (χ0n) is 11.6. The molecule has 114 valence electrons. The van der Waals surface area contributed by atoms with Crippen molar-refractivity contribution >= 4 is 17.6 Å². The third-order valence-electron chi connectivity index (χ3n) is 3.30. The fourth-order valence-corrected chi connectivity index (χ4v) is 2.25. The van der Waals surface area contributed by atoms with E-state index >= 15 is 0 Å². The molecule has 1 aliphatic rings. The van der Waals surface area contributed by atoms with Crippen LogP contribution in [0.3, 0.4) is 0 Å². The monoisotopic (exact) mass is 297 g/mol.